The molecule has 0 aliphatic rings. The van der Waals surface area contributed by atoms with Crippen molar-refractivity contribution in [2.24, 2.45) is 0 Å². The van der Waals surface area contributed by atoms with Crippen LogP contribution in [0, 0.1) is 0 Å². The van der Waals surface area contributed by atoms with Crippen LogP contribution in [0.4, 0.5) is 0 Å². The number of hydrogen-bond acceptors (Lipinski definition) is 2. The van der Waals surface area contributed by atoms with Crippen LogP contribution >= 0.6 is 0 Å². The quantitative estimate of drug-likeness (QED) is 0.424. The number of benzene rings is 4. The highest BCUT2D eigenvalue weighted by molar-refractivity contribution is 5.90. The summed E-state index contributed by atoms with van der Waals surface area (Å²) in [6, 6.07) is 31.5. The van der Waals surface area contributed by atoms with E-state index in [-0.39, 0.29) is 0 Å². The average molecular weight is 373 g/mol. The van der Waals surface area contributed by atoms with Gasteiger partial charge < -0.3 is 0 Å². The van der Waals surface area contributed by atoms with Gasteiger partial charge in [-0.15, -0.1) is 5.10 Å². The molecule has 4 heteroatoms. The summed E-state index contributed by atoms with van der Waals surface area (Å²) in [7, 11) is 0. The Balaban J connectivity index is 1.42. The second-order valence-electron chi connectivity index (χ2n) is 7.20. The number of fused-ring (bicyclic) bond motifs is 3. The maximum Gasteiger partial charge on any atom is 0.266 e. The lowest BCUT2D eigenvalue weighted by Gasteiger charge is -2.06. The van der Waals surface area contributed by atoms with Crippen molar-refractivity contribution in [1.29, 1.82) is 0 Å². The summed E-state index contributed by atoms with van der Waals surface area (Å²) in [5.41, 5.74) is 6.40. The van der Waals surface area contributed by atoms with Gasteiger partial charge >= 0.3 is 0 Å². The smallest absolute Gasteiger partial charge is 0.256 e. The molecule has 0 bridgehead atoms. The Morgan fingerprint density at radius 2 is 1.41 bits per heavy atom. The molecular formula is C25H17N4+. The Morgan fingerprint density at radius 1 is 0.621 bits per heavy atom. The van der Waals surface area contributed by atoms with Gasteiger partial charge in [0.1, 0.15) is 5.52 Å². The lowest BCUT2D eigenvalue weighted by molar-refractivity contribution is -0.710. The van der Waals surface area contributed by atoms with Gasteiger partial charge in [-0.2, -0.15) is 0 Å². The standard InChI is InChI=1S/C25H16N4/c1-2-6-25-24(5-1)27-29(28-25)22-11-9-18-14-17(7-8-20(18)16-22)19-10-12-23-21(15-19)4-3-13-26-23/h1-16H/p+1. The summed E-state index contributed by atoms with van der Waals surface area (Å²) in [6.07, 6.45) is 1.83. The van der Waals surface area contributed by atoms with Gasteiger partial charge in [-0.3, -0.25) is 4.98 Å². The molecule has 0 spiro atoms. The summed E-state index contributed by atoms with van der Waals surface area (Å²) in [5.74, 6) is 0. The van der Waals surface area contributed by atoms with Gasteiger partial charge in [0, 0.05) is 33.6 Å². The summed E-state index contributed by atoms with van der Waals surface area (Å²) in [6.45, 7) is 0. The monoisotopic (exact) mass is 373 g/mol. The zero-order chi connectivity index (χ0) is 19.2. The van der Waals surface area contributed by atoms with Crippen LogP contribution in [0.2, 0.25) is 0 Å². The van der Waals surface area contributed by atoms with Gasteiger partial charge in [0.05, 0.1) is 5.52 Å². The summed E-state index contributed by atoms with van der Waals surface area (Å²) < 4.78 is 0. The van der Waals surface area contributed by atoms with E-state index in [1.54, 1.807) is 0 Å². The number of para-hydroxylation sites is 1. The molecule has 0 saturated carbocycles. The lowest BCUT2D eigenvalue weighted by atomic mass is 9.99. The van der Waals surface area contributed by atoms with E-state index in [2.05, 4.69) is 75.8 Å². The third-order valence-electron chi connectivity index (χ3n) is 5.34. The summed E-state index contributed by atoms with van der Waals surface area (Å²) >= 11 is 0. The molecular weight excluding hydrogens is 356 g/mol. The fraction of sp³-hybridized carbons (Fsp3) is 0. The molecule has 2 aromatic heterocycles. The maximum atomic E-state index is 4.64. The van der Waals surface area contributed by atoms with Crippen molar-refractivity contribution in [3.63, 3.8) is 0 Å². The van der Waals surface area contributed by atoms with Gasteiger partial charge in [0.15, 0.2) is 5.52 Å². The molecule has 0 amide bonds. The van der Waals surface area contributed by atoms with E-state index in [1.807, 2.05) is 41.3 Å². The van der Waals surface area contributed by atoms with Crippen molar-refractivity contribution in [2.45, 2.75) is 0 Å². The fourth-order valence-corrected chi connectivity index (χ4v) is 3.82. The van der Waals surface area contributed by atoms with E-state index in [4.69, 9.17) is 0 Å². The van der Waals surface area contributed by atoms with Crippen molar-refractivity contribution < 1.29 is 4.80 Å². The SMILES string of the molecule is c1cnc2ccc(-c3ccc4cc(-[n+]5nc6ccccc6[nH]5)ccc4c3)cc2c1. The van der Waals surface area contributed by atoms with Crippen LogP contribution in [-0.2, 0) is 0 Å². The van der Waals surface area contributed by atoms with Gasteiger partial charge in [-0.1, -0.05) is 36.4 Å². The maximum absolute atomic E-state index is 4.64. The number of rotatable bonds is 2. The Labute approximate surface area is 167 Å². The van der Waals surface area contributed by atoms with Crippen molar-refractivity contribution in [1.82, 2.24) is 15.2 Å². The normalized spacial score (nSPS) is 11.4. The highest BCUT2D eigenvalue weighted by atomic mass is 15.5. The molecule has 2 heterocycles. The number of nitrogens with one attached hydrogen (secondary N) is 1. The first kappa shape index (κ1) is 16.0. The number of pyridine rings is 1. The van der Waals surface area contributed by atoms with Crippen LogP contribution in [-0.4, -0.2) is 15.2 Å². The van der Waals surface area contributed by atoms with Crippen LogP contribution in [0.5, 0.6) is 0 Å². The van der Waals surface area contributed by atoms with E-state index in [0.29, 0.717) is 0 Å². The van der Waals surface area contributed by atoms with Crippen molar-refractivity contribution >= 4 is 32.7 Å². The topological polar surface area (TPSA) is 45.5 Å². The molecule has 0 saturated heterocycles. The average Bonchev–Trinajstić information content (AvgIpc) is 3.22. The zero-order valence-electron chi connectivity index (χ0n) is 15.6. The predicted molar refractivity (Wildman–Crippen MR) is 116 cm³/mol. The van der Waals surface area contributed by atoms with Crippen LogP contribution < -0.4 is 4.80 Å². The molecule has 0 fully saturated rings. The molecule has 136 valence electrons. The molecule has 4 aromatic carbocycles. The van der Waals surface area contributed by atoms with Crippen LogP contribution in [0.3, 0.4) is 0 Å². The zero-order valence-corrected chi connectivity index (χ0v) is 15.6. The van der Waals surface area contributed by atoms with Gasteiger partial charge in [0.2, 0.25) is 0 Å². The Bertz CT molecular complexity index is 1480. The largest absolute Gasteiger partial charge is 0.266 e. The molecule has 0 aliphatic carbocycles. The number of hydrogen-bond donors (Lipinski definition) is 1. The first-order valence-electron chi connectivity index (χ1n) is 9.60. The van der Waals surface area contributed by atoms with Crippen molar-refractivity contribution in [3.05, 3.63) is 97.2 Å². The Kier molecular flexibility index (Phi) is 3.43. The molecule has 0 unspecified atom stereocenters. The third-order valence-corrected chi connectivity index (χ3v) is 5.34. The van der Waals surface area contributed by atoms with E-state index < -0.39 is 0 Å². The first-order valence-corrected chi connectivity index (χ1v) is 9.60. The molecule has 1 N–H and O–H groups in total. The number of aromatic amines is 1. The molecule has 6 rings (SSSR count). The second-order valence-corrected chi connectivity index (χ2v) is 7.20. The van der Waals surface area contributed by atoms with Crippen LogP contribution in [0.25, 0.3) is 49.5 Å². The molecule has 0 radical (unpaired) electrons. The van der Waals surface area contributed by atoms with E-state index in [0.717, 1.165) is 27.6 Å². The third kappa shape index (κ3) is 2.74. The lowest BCUT2D eigenvalue weighted by Crippen LogP contribution is -2.35. The van der Waals surface area contributed by atoms with Crippen molar-refractivity contribution in [2.75, 3.05) is 0 Å². The highest BCUT2D eigenvalue weighted by Gasteiger charge is 2.14. The second kappa shape index (κ2) is 6.24. The van der Waals surface area contributed by atoms with Crippen molar-refractivity contribution in [3.8, 4) is 16.8 Å². The minimum Gasteiger partial charge on any atom is -0.256 e. The van der Waals surface area contributed by atoms with Gasteiger partial charge in [0.25, 0.3) is 5.69 Å². The number of H-pyrrole nitrogens is 1. The Hall–Kier alpha value is -4.05. The number of aromatic nitrogens is 4. The van der Waals surface area contributed by atoms with E-state index in [1.165, 1.54) is 21.9 Å². The van der Waals surface area contributed by atoms with Crippen LogP contribution in [0.15, 0.2) is 97.2 Å². The van der Waals surface area contributed by atoms with Gasteiger partial charge in [-0.05, 0) is 64.4 Å². The van der Waals surface area contributed by atoms with Crippen LogP contribution in [0.1, 0.15) is 0 Å². The van der Waals surface area contributed by atoms with Gasteiger partial charge in [-0.25, -0.2) is 0 Å². The molecule has 6 aromatic rings. The minimum atomic E-state index is 0.953. The summed E-state index contributed by atoms with van der Waals surface area (Å²) in [5, 5.41) is 11.5. The van der Waals surface area contributed by atoms with E-state index >= 15 is 0 Å². The molecule has 0 aliphatic heterocycles. The molecule has 29 heavy (non-hydrogen) atoms. The summed E-state index contributed by atoms with van der Waals surface area (Å²) in [4.78, 5) is 6.24. The minimum absolute atomic E-state index is 0.953. The fourth-order valence-electron chi connectivity index (χ4n) is 3.82. The van der Waals surface area contributed by atoms with E-state index in [9.17, 15) is 0 Å². The molecule has 0 atom stereocenters. The number of nitrogens with zero attached hydrogens (tertiary/aromatic N) is 3. The molecule has 4 nitrogen and oxygen atoms in total. The first-order chi connectivity index (χ1) is 14.3. The highest BCUT2D eigenvalue weighted by Crippen LogP contribution is 2.27. The Morgan fingerprint density at radius 3 is 2.34 bits per heavy atom. The predicted octanol–water partition coefficient (Wildman–Crippen LogP) is 5.21.